The van der Waals surface area contributed by atoms with E-state index in [-0.39, 0.29) is 6.54 Å². The average molecular weight is 179 g/mol. The summed E-state index contributed by atoms with van der Waals surface area (Å²) < 4.78 is 0. The van der Waals surface area contributed by atoms with Crippen molar-refractivity contribution in [1.82, 2.24) is 10.2 Å². The third kappa shape index (κ3) is 1.32. The lowest BCUT2D eigenvalue weighted by Gasteiger charge is -2.31. The normalized spacial score (nSPS) is 26.9. The molecule has 1 aliphatic carbocycles. The fourth-order valence-corrected chi connectivity index (χ4v) is 1.86. The van der Waals surface area contributed by atoms with Crippen LogP contribution in [0.15, 0.2) is 12.3 Å². The van der Waals surface area contributed by atoms with Gasteiger partial charge in [-0.15, -0.1) is 0 Å². The number of rotatable bonds is 1. The van der Waals surface area contributed by atoms with E-state index in [0.717, 1.165) is 30.5 Å². The summed E-state index contributed by atoms with van der Waals surface area (Å²) in [7, 11) is 0. The quantitative estimate of drug-likeness (QED) is 0.634. The molecule has 0 fully saturated rings. The number of hydrogen-bond acceptors (Lipinski definition) is 4. The average Bonchev–Trinajstić information content (AvgIpc) is 2.19. The minimum Gasteiger partial charge on any atom is -0.384 e. The van der Waals surface area contributed by atoms with Gasteiger partial charge in [0.15, 0.2) is 0 Å². The van der Waals surface area contributed by atoms with Crippen molar-refractivity contribution in [1.29, 1.82) is 0 Å². The molecule has 0 saturated carbocycles. The molecule has 0 bridgehead atoms. The number of nitrogens with two attached hydrogens (primary N) is 1. The lowest BCUT2D eigenvalue weighted by molar-refractivity contribution is 0.0269. The van der Waals surface area contributed by atoms with Gasteiger partial charge in [0.25, 0.3) is 0 Å². The molecule has 1 aromatic heterocycles. The van der Waals surface area contributed by atoms with Crippen molar-refractivity contribution in [2.45, 2.75) is 24.9 Å². The van der Waals surface area contributed by atoms with E-state index in [1.807, 2.05) is 6.07 Å². The topological polar surface area (TPSA) is 72.0 Å². The molecule has 4 heteroatoms. The number of nitrogens with zero attached hydrogens (tertiary/aromatic N) is 2. The molecular weight excluding hydrogens is 166 g/mol. The van der Waals surface area contributed by atoms with Gasteiger partial charge in [-0.3, -0.25) is 0 Å². The van der Waals surface area contributed by atoms with E-state index >= 15 is 0 Å². The van der Waals surface area contributed by atoms with E-state index in [2.05, 4.69) is 10.2 Å². The zero-order valence-electron chi connectivity index (χ0n) is 7.40. The summed E-state index contributed by atoms with van der Waals surface area (Å²) in [6, 6.07) is 1.81. The van der Waals surface area contributed by atoms with E-state index in [4.69, 9.17) is 5.73 Å². The second-order valence-corrected chi connectivity index (χ2v) is 3.48. The highest BCUT2D eigenvalue weighted by atomic mass is 16.3. The van der Waals surface area contributed by atoms with E-state index in [0.29, 0.717) is 0 Å². The number of aryl methyl sites for hydroxylation is 1. The summed E-state index contributed by atoms with van der Waals surface area (Å²) in [6.45, 7) is 0.256. The van der Waals surface area contributed by atoms with Crippen molar-refractivity contribution in [2.24, 2.45) is 5.73 Å². The molecule has 0 aliphatic heterocycles. The summed E-state index contributed by atoms with van der Waals surface area (Å²) in [6.07, 6.45) is 4.15. The molecule has 4 nitrogen and oxygen atoms in total. The summed E-state index contributed by atoms with van der Waals surface area (Å²) >= 11 is 0. The third-order valence-electron chi connectivity index (χ3n) is 2.64. The predicted molar refractivity (Wildman–Crippen MR) is 47.9 cm³/mol. The minimum absolute atomic E-state index is 0.256. The summed E-state index contributed by atoms with van der Waals surface area (Å²) in [4.78, 5) is 0. The Morgan fingerprint density at radius 1 is 1.62 bits per heavy atom. The lowest BCUT2D eigenvalue weighted by Crippen LogP contribution is -2.38. The Morgan fingerprint density at radius 2 is 2.46 bits per heavy atom. The lowest BCUT2D eigenvalue weighted by atomic mass is 9.82. The van der Waals surface area contributed by atoms with Crippen LogP contribution in [0.4, 0.5) is 0 Å². The molecule has 2 rings (SSSR count). The van der Waals surface area contributed by atoms with Crippen LogP contribution >= 0.6 is 0 Å². The van der Waals surface area contributed by atoms with Gasteiger partial charge in [-0.05, 0) is 25.3 Å². The van der Waals surface area contributed by atoms with Crippen LogP contribution < -0.4 is 5.73 Å². The Bertz CT molecular complexity index is 315. The van der Waals surface area contributed by atoms with Crippen LogP contribution in [0.2, 0.25) is 0 Å². The number of hydrogen-bond donors (Lipinski definition) is 2. The van der Waals surface area contributed by atoms with Crippen LogP contribution in [0, 0.1) is 0 Å². The first-order chi connectivity index (χ1) is 6.26. The van der Waals surface area contributed by atoms with Gasteiger partial charge in [0.2, 0.25) is 0 Å². The fraction of sp³-hybridized carbons (Fsp3) is 0.556. The van der Waals surface area contributed by atoms with E-state index in [1.54, 1.807) is 6.20 Å². The maximum absolute atomic E-state index is 10.1. The highest BCUT2D eigenvalue weighted by molar-refractivity contribution is 5.28. The highest BCUT2D eigenvalue weighted by Gasteiger charge is 2.33. The van der Waals surface area contributed by atoms with Gasteiger partial charge < -0.3 is 10.8 Å². The van der Waals surface area contributed by atoms with Crippen molar-refractivity contribution in [3.05, 3.63) is 23.5 Å². The first-order valence-electron chi connectivity index (χ1n) is 4.50. The molecule has 1 heterocycles. The van der Waals surface area contributed by atoms with Gasteiger partial charge >= 0.3 is 0 Å². The summed E-state index contributed by atoms with van der Waals surface area (Å²) in [5.41, 5.74) is 6.43. The maximum atomic E-state index is 10.1. The van der Waals surface area contributed by atoms with Crippen molar-refractivity contribution in [3.63, 3.8) is 0 Å². The Kier molecular flexibility index (Phi) is 2.01. The molecule has 0 saturated heterocycles. The molecule has 3 N–H and O–H groups in total. The summed E-state index contributed by atoms with van der Waals surface area (Å²) in [5.74, 6) is 0. The van der Waals surface area contributed by atoms with Gasteiger partial charge in [0.05, 0.1) is 5.69 Å². The second-order valence-electron chi connectivity index (χ2n) is 3.48. The molecule has 0 radical (unpaired) electrons. The third-order valence-corrected chi connectivity index (χ3v) is 2.64. The zero-order chi connectivity index (χ0) is 9.31. The van der Waals surface area contributed by atoms with Crippen LogP contribution in [0.5, 0.6) is 0 Å². The van der Waals surface area contributed by atoms with E-state index in [1.165, 1.54) is 0 Å². The molecule has 1 aromatic rings. The highest BCUT2D eigenvalue weighted by Crippen LogP contribution is 2.32. The molecule has 0 aromatic carbocycles. The minimum atomic E-state index is -0.872. The molecule has 1 atom stereocenters. The van der Waals surface area contributed by atoms with Crippen LogP contribution in [-0.2, 0) is 12.0 Å². The van der Waals surface area contributed by atoms with Crippen LogP contribution in [0.25, 0.3) is 0 Å². The first-order valence-corrected chi connectivity index (χ1v) is 4.50. The summed E-state index contributed by atoms with van der Waals surface area (Å²) in [5, 5.41) is 17.9. The number of fused-ring (bicyclic) bond motifs is 1. The first kappa shape index (κ1) is 8.59. The predicted octanol–water partition coefficient (Wildman–Crippen LogP) is -0.0408. The van der Waals surface area contributed by atoms with Crippen molar-refractivity contribution in [2.75, 3.05) is 6.54 Å². The van der Waals surface area contributed by atoms with Crippen molar-refractivity contribution < 1.29 is 5.11 Å². The van der Waals surface area contributed by atoms with E-state index in [9.17, 15) is 5.11 Å². The smallest absolute Gasteiger partial charge is 0.104 e. The van der Waals surface area contributed by atoms with Gasteiger partial charge in [-0.2, -0.15) is 10.2 Å². The van der Waals surface area contributed by atoms with Crippen LogP contribution in [-0.4, -0.2) is 21.8 Å². The Labute approximate surface area is 76.8 Å². The number of aliphatic hydroxyl groups is 1. The fourth-order valence-electron chi connectivity index (χ4n) is 1.86. The molecule has 0 amide bonds. The monoisotopic (exact) mass is 179 g/mol. The van der Waals surface area contributed by atoms with Crippen LogP contribution in [0.3, 0.4) is 0 Å². The standard InChI is InChI=1S/C9H13N3O/c10-6-9(13)4-1-2-8-7(9)3-5-11-12-8/h3,5,13H,1-2,4,6,10H2. The van der Waals surface area contributed by atoms with Gasteiger partial charge in [0, 0.05) is 18.3 Å². The van der Waals surface area contributed by atoms with Gasteiger partial charge in [-0.1, -0.05) is 0 Å². The zero-order valence-corrected chi connectivity index (χ0v) is 7.40. The Balaban J connectivity index is 2.48. The molecule has 13 heavy (non-hydrogen) atoms. The SMILES string of the molecule is NCC1(O)CCCc2nnccc21. The molecule has 1 unspecified atom stereocenters. The molecule has 1 aliphatic rings. The van der Waals surface area contributed by atoms with Crippen LogP contribution in [0.1, 0.15) is 24.1 Å². The molecular formula is C9H13N3O. The van der Waals surface area contributed by atoms with Crippen molar-refractivity contribution in [3.8, 4) is 0 Å². The number of aromatic nitrogens is 2. The maximum Gasteiger partial charge on any atom is 0.104 e. The van der Waals surface area contributed by atoms with E-state index < -0.39 is 5.60 Å². The largest absolute Gasteiger partial charge is 0.384 e. The Morgan fingerprint density at radius 3 is 3.23 bits per heavy atom. The van der Waals surface area contributed by atoms with Gasteiger partial charge in [0.1, 0.15) is 5.60 Å². The Hall–Kier alpha value is -1.00. The van der Waals surface area contributed by atoms with Gasteiger partial charge in [-0.25, -0.2) is 0 Å². The molecule has 70 valence electrons. The molecule has 0 spiro atoms. The second kappa shape index (κ2) is 3.05. The van der Waals surface area contributed by atoms with Crippen molar-refractivity contribution >= 4 is 0 Å².